The number of carbonyl (C=O) groups excluding carboxylic acids is 1. The van der Waals surface area contributed by atoms with E-state index in [2.05, 4.69) is 12.2 Å². The Morgan fingerprint density at radius 2 is 2.00 bits per heavy atom. The molecule has 2 unspecified atom stereocenters. The van der Waals surface area contributed by atoms with E-state index >= 15 is 0 Å². The van der Waals surface area contributed by atoms with Crippen LogP contribution in [-0.4, -0.2) is 26.2 Å². The first-order chi connectivity index (χ1) is 7.97. The lowest BCUT2D eigenvalue weighted by Gasteiger charge is -2.30. The van der Waals surface area contributed by atoms with Crippen LogP contribution in [0.3, 0.4) is 0 Å². The number of ether oxygens (including phenoxy) is 1. The van der Waals surface area contributed by atoms with E-state index in [0.717, 1.165) is 18.4 Å². The largest absolute Gasteiger partial charge is 0.469 e. The lowest BCUT2D eigenvalue weighted by atomic mass is 9.80. The Labute approximate surface area is 105 Å². The molecule has 1 aliphatic rings. The van der Waals surface area contributed by atoms with Crippen LogP contribution < -0.4 is 5.32 Å². The first-order valence-electron chi connectivity index (χ1n) is 6.76. The maximum atomic E-state index is 11.5. The molecule has 17 heavy (non-hydrogen) atoms. The molecule has 3 nitrogen and oxygen atoms in total. The fourth-order valence-corrected chi connectivity index (χ4v) is 2.61. The van der Waals surface area contributed by atoms with Crippen LogP contribution in [0.1, 0.15) is 46.5 Å². The second-order valence-electron chi connectivity index (χ2n) is 6.03. The molecule has 3 heteroatoms. The number of methoxy groups -OCH3 is 1. The van der Waals surface area contributed by atoms with E-state index in [4.69, 9.17) is 4.74 Å². The standard InChI is InChI=1S/C14H27NO2/c1-11-7-5-6-8-12(11)9-15-10-14(2,3)13(16)17-4/h11-12,15H,5-10H2,1-4H3. The molecule has 0 saturated heterocycles. The number of nitrogens with one attached hydrogen (secondary N) is 1. The molecule has 0 bridgehead atoms. The molecule has 0 amide bonds. The monoisotopic (exact) mass is 241 g/mol. The van der Waals surface area contributed by atoms with Gasteiger partial charge in [0.2, 0.25) is 0 Å². The molecule has 0 radical (unpaired) electrons. The van der Waals surface area contributed by atoms with Crippen LogP contribution in [0.5, 0.6) is 0 Å². The third kappa shape index (κ3) is 4.30. The molecule has 0 aromatic heterocycles. The van der Waals surface area contributed by atoms with E-state index in [0.29, 0.717) is 6.54 Å². The van der Waals surface area contributed by atoms with Gasteiger partial charge in [-0.3, -0.25) is 4.79 Å². The van der Waals surface area contributed by atoms with Crippen LogP contribution in [0.25, 0.3) is 0 Å². The van der Waals surface area contributed by atoms with Crippen molar-refractivity contribution in [2.45, 2.75) is 46.5 Å². The highest BCUT2D eigenvalue weighted by Gasteiger charge is 2.29. The van der Waals surface area contributed by atoms with Crippen LogP contribution in [-0.2, 0) is 9.53 Å². The lowest BCUT2D eigenvalue weighted by molar-refractivity contribution is -0.150. The van der Waals surface area contributed by atoms with Crippen molar-refractivity contribution in [3.05, 3.63) is 0 Å². The third-order valence-electron chi connectivity index (χ3n) is 4.00. The number of carbonyl (C=O) groups is 1. The van der Waals surface area contributed by atoms with Gasteiger partial charge in [0, 0.05) is 6.54 Å². The first-order valence-corrected chi connectivity index (χ1v) is 6.76. The molecule has 0 aromatic rings. The van der Waals surface area contributed by atoms with Gasteiger partial charge in [0.05, 0.1) is 12.5 Å². The molecule has 1 saturated carbocycles. The summed E-state index contributed by atoms with van der Waals surface area (Å²) in [6, 6.07) is 0. The van der Waals surface area contributed by atoms with Crippen LogP contribution >= 0.6 is 0 Å². The van der Waals surface area contributed by atoms with Crippen molar-refractivity contribution in [3.63, 3.8) is 0 Å². The fourth-order valence-electron chi connectivity index (χ4n) is 2.61. The molecule has 0 aliphatic heterocycles. The highest BCUT2D eigenvalue weighted by molar-refractivity contribution is 5.76. The van der Waals surface area contributed by atoms with E-state index in [1.165, 1.54) is 32.8 Å². The zero-order chi connectivity index (χ0) is 12.9. The fraction of sp³-hybridized carbons (Fsp3) is 0.929. The van der Waals surface area contributed by atoms with E-state index in [1.54, 1.807) is 0 Å². The molecule has 0 spiro atoms. The van der Waals surface area contributed by atoms with Crippen LogP contribution in [0.2, 0.25) is 0 Å². The summed E-state index contributed by atoms with van der Waals surface area (Å²) in [5.74, 6) is 1.45. The van der Waals surface area contributed by atoms with E-state index in [1.807, 2.05) is 13.8 Å². The molecule has 1 N–H and O–H groups in total. The first kappa shape index (κ1) is 14.5. The van der Waals surface area contributed by atoms with Gasteiger partial charge in [0.15, 0.2) is 0 Å². The summed E-state index contributed by atoms with van der Waals surface area (Å²) < 4.78 is 4.80. The minimum Gasteiger partial charge on any atom is -0.469 e. The van der Waals surface area contributed by atoms with Crippen molar-refractivity contribution in [2.75, 3.05) is 20.2 Å². The zero-order valence-electron chi connectivity index (χ0n) is 11.7. The van der Waals surface area contributed by atoms with Crippen LogP contribution in [0.4, 0.5) is 0 Å². The molecule has 1 aliphatic carbocycles. The Morgan fingerprint density at radius 3 is 2.59 bits per heavy atom. The van der Waals surface area contributed by atoms with Gasteiger partial charge in [0.25, 0.3) is 0 Å². The van der Waals surface area contributed by atoms with Gasteiger partial charge in [-0.15, -0.1) is 0 Å². The molecule has 0 aromatic carbocycles. The van der Waals surface area contributed by atoms with Gasteiger partial charge in [-0.25, -0.2) is 0 Å². The predicted molar refractivity (Wildman–Crippen MR) is 69.8 cm³/mol. The predicted octanol–water partition coefficient (Wildman–Crippen LogP) is 2.60. The average molecular weight is 241 g/mol. The Kier molecular flexibility index (Phi) is 5.44. The molecule has 2 atom stereocenters. The second kappa shape index (κ2) is 6.39. The number of esters is 1. The minimum atomic E-state index is -0.424. The van der Waals surface area contributed by atoms with Gasteiger partial charge in [-0.1, -0.05) is 26.2 Å². The highest BCUT2D eigenvalue weighted by Crippen LogP contribution is 2.29. The van der Waals surface area contributed by atoms with Gasteiger partial charge < -0.3 is 10.1 Å². The summed E-state index contributed by atoms with van der Waals surface area (Å²) in [6.07, 6.45) is 5.42. The number of hydrogen-bond donors (Lipinski definition) is 1. The van der Waals surface area contributed by atoms with E-state index in [9.17, 15) is 4.79 Å². The summed E-state index contributed by atoms with van der Waals surface area (Å²) in [5.41, 5.74) is -0.424. The molecular weight excluding hydrogens is 214 g/mol. The van der Waals surface area contributed by atoms with Crippen LogP contribution in [0.15, 0.2) is 0 Å². The summed E-state index contributed by atoms with van der Waals surface area (Å²) in [5, 5.41) is 3.44. The van der Waals surface area contributed by atoms with Crippen molar-refractivity contribution in [2.24, 2.45) is 17.3 Å². The lowest BCUT2D eigenvalue weighted by Crippen LogP contribution is -2.40. The zero-order valence-corrected chi connectivity index (χ0v) is 11.7. The van der Waals surface area contributed by atoms with Crippen molar-refractivity contribution in [1.82, 2.24) is 5.32 Å². The van der Waals surface area contributed by atoms with Crippen molar-refractivity contribution >= 4 is 5.97 Å². The molecule has 0 heterocycles. The Morgan fingerprint density at radius 1 is 1.35 bits per heavy atom. The SMILES string of the molecule is COC(=O)C(C)(C)CNCC1CCCCC1C. The normalized spacial score (nSPS) is 25.6. The smallest absolute Gasteiger partial charge is 0.312 e. The van der Waals surface area contributed by atoms with Gasteiger partial charge >= 0.3 is 5.97 Å². The van der Waals surface area contributed by atoms with Gasteiger partial charge in [-0.05, 0) is 38.6 Å². The quantitative estimate of drug-likeness (QED) is 0.752. The summed E-state index contributed by atoms with van der Waals surface area (Å²) in [4.78, 5) is 11.5. The van der Waals surface area contributed by atoms with Crippen molar-refractivity contribution < 1.29 is 9.53 Å². The Balaban J connectivity index is 2.29. The second-order valence-corrected chi connectivity index (χ2v) is 6.03. The highest BCUT2D eigenvalue weighted by atomic mass is 16.5. The molecule has 100 valence electrons. The van der Waals surface area contributed by atoms with E-state index in [-0.39, 0.29) is 5.97 Å². The van der Waals surface area contributed by atoms with E-state index < -0.39 is 5.41 Å². The van der Waals surface area contributed by atoms with Gasteiger partial charge in [-0.2, -0.15) is 0 Å². The third-order valence-corrected chi connectivity index (χ3v) is 4.00. The maximum Gasteiger partial charge on any atom is 0.312 e. The summed E-state index contributed by atoms with van der Waals surface area (Å²) in [7, 11) is 1.45. The molecular formula is C14H27NO2. The Bertz CT molecular complexity index is 251. The van der Waals surface area contributed by atoms with Crippen molar-refractivity contribution in [1.29, 1.82) is 0 Å². The maximum absolute atomic E-state index is 11.5. The molecule has 1 fully saturated rings. The average Bonchev–Trinajstić information content (AvgIpc) is 2.30. The minimum absolute atomic E-state index is 0.137. The summed E-state index contributed by atoms with van der Waals surface area (Å²) in [6.45, 7) is 7.92. The van der Waals surface area contributed by atoms with Crippen LogP contribution in [0, 0.1) is 17.3 Å². The van der Waals surface area contributed by atoms with Crippen molar-refractivity contribution in [3.8, 4) is 0 Å². The number of hydrogen-bond acceptors (Lipinski definition) is 3. The summed E-state index contributed by atoms with van der Waals surface area (Å²) >= 11 is 0. The molecule has 1 rings (SSSR count). The topological polar surface area (TPSA) is 38.3 Å². The van der Waals surface area contributed by atoms with Gasteiger partial charge in [0.1, 0.15) is 0 Å². The number of rotatable bonds is 5. The Hall–Kier alpha value is -0.570.